The van der Waals surface area contributed by atoms with Gasteiger partial charge in [0.25, 0.3) is 0 Å². The molecule has 5 atom stereocenters. The maximum Gasteiger partial charge on any atom is 0.514 e. The number of phenols is 2. The first-order valence-corrected chi connectivity index (χ1v) is 18.9. The van der Waals surface area contributed by atoms with Gasteiger partial charge >= 0.3 is 12.1 Å². The van der Waals surface area contributed by atoms with Gasteiger partial charge in [0.15, 0.2) is 11.5 Å². The van der Waals surface area contributed by atoms with Crippen molar-refractivity contribution in [2.24, 2.45) is 0 Å². The zero-order valence-electron chi connectivity index (χ0n) is 33.5. The summed E-state index contributed by atoms with van der Waals surface area (Å²) in [5.41, 5.74) is 1.02. The number of carbonyl (C=O) groups excluding carboxylic acids is 4. The lowest BCUT2D eigenvalue weighted by Gasteiger charge is -2.45. The highest BCUT2D eigenvalue weighted by atomic mass is 16.7. The third-order valence-corrected chi connectivity index (χ3v) is 11.0. The zero-order valence-corrected chi connectivity index (χ0v) is 33.5. The maximum absolute atomic E-state index is 14.5. The molecular formula is C45H44O14. The molecule has 0 bridgehead atoms. The van der Waals surface area contributed by atoms with E-state index in [0.29, 0.717) is 39.0 Å². The number of ketones is 2. The van der Waals surface area contributed by atoms with E-state index in [9.17, 15) is 34.5 Å². The van der Waals surface area contributed by atoms with Crippen molar-refractivity contribution in [1.29, 1.82) is 0 Å². The SMILES string of the molecule is COC1=C(CC(C)OC(=O)OC2=CCC(C)(O)C=C2)C2c3c(c(O)cc(OC)c3-c3c(OC)cc(O)c4c3C2C(CC(C)OC(=O)c2ccccc2)=C(OC)C4=O)C1=O. The lowest BCUT2D eigenvalue weighted by atomic mass is 9.58. The quantitative estimate of drug-likeness (QED) is 0.154. The van der Waals surface area contributed by atoms with Crippen LogP contribution in [0.25, 0.3) is 11.1 Å². The molecule has 4 aliphatic carbocycles. The summed E-state index contributed by atoms with van der Waals surface area (Å²) in [5, 5.41) is 33.4. The fraction of sp³-hybridized carbons (Fsp3) is 0.333. The molecule has 0 saturated heterocycles. The standard InChI is InChI=1S/C45H44O14/c1-21(57-43(50)23-11-9-8-10-12-23)17-25-31-32-26(18-22(2)58-44(51)59-24-13-15-45(3,52)16-14-24)42(56-7)40(49)34-28(47)20-30(54-5)36(38(32)34)35-29(53-4)19-27(46)33(37(31)35)39(48)41(25)55-6/h8-15,19-22,31-32,46-47,52H,16-18H2,1-7H3. The number of phenolic OH excluding ortho intramolecular Hbond substituents is 2. The number of Topliss-reactive ketones (excluding diaryl/α,β-unsaturated/α-hetero) is 2. The topological polar surface area (TPSA) is 194 Å². The molecule has 0 heterocycles. The Kier molecular flexibility index (Phi) is 10.8. The largest absolute Gasteiger partial charge is 0.514 e. The molecule has 0 aliphatic heterocycles. The number of benzene rings is 3. The Labute approximate surface area is 339 Å². The van der Waals surface area contributed by atoms with Gasteiger partial charge in [0.2, 0.25) is 11.6 Å². The minimum absolute atomic E-state index is 0.0520. The molecule has 3 aromatic rings. The Morgan fingerprint density at radius 1 is 0.746 bits per heavy atom. The number of aliphatic hydroxyl groups is 1. The molecule has 0 radical (unpaired) electrons. The number of allylic oxidation sites excluding steroid dienone is 3. The third-order valence-electron chi connectivity index (χ3n) is 11.0. The molecule has 0 saturated carbocycles. The highest BCUT2D eigenvalue weighted by Gasteiger charge is 2.53. The monoisotopic (exact) mass is 808 g/mol. The second kappa shape index (κ2) is 15.7. The minimum atomic E-state index is -1.09. The van der Waals surface area contributed by atoms with Crippen LogP contribution in [0, 0.1) is 0 Å². The predicted molar refractivity (Wildman–Crippen MR) is 211 cm³/mol. The number of rotatable bonds is 12. The first-order valence-electron chi connectivity index (χ1n) is 18.9. The van der Waals surface area contributed by atoms with Crippen LogP contribution in [-0.4, -0.2) is 85.3 Å². The van der Waals surface area contributed by atoms with Crippen LogP contribution in [0.1, 0.15) is 94.1 Å². The van der Waals surface area contributed by atoms with Crippen LogP contribution >= 0.6 is 0 Å². The van der Waals surface area contributed by atoms with Crippen molar-refractivity contribution in [2.75, 3.05) is 28.4 Å². The van der Waals surface area contributed by atoms with Crippen LogP contribution < -0.4 is 9.47 Å². The minimum Gasteiger partial charge on any atom is -0.507 e. The molecule has 0 aromatic heterocycles. The zero-order chi connectivity index (χ0) is 42.5. The van der Waals surface area contributed by atoms with Crippen LogP contribution in [0.5, 0.6) is 23.0 Å². The second-order valence-electron chi connectivity index (χ2n) is 15.0. The van der Waals surface area contributed by atoms with Gasteiger partial charge < -0.3 is 48.5 Å². The Morgan fingerprint density at radius 3 is 1.68 bits per heavy atom. The second-order valence-corrected chi connectivity index (χ2v) is 15.0. The van der Waals surface area contributed by atoms with E-state index in [1.54, 1.807) is 57.2 Å². The average molecular weight is 809 g/mol. The molecule has 0 spiro atoms. The first-order chi connectivity index (χ1) is 28.1. The summed E-state index contributed by atoms with van der Waals surface area (Å²) in [6.07, 6.45) is 1.72. The van der Waals surface area contributed by atoms with Crippen LogP contribution in [0.15, 0.2) is 89.1 Å². The Balaban J connectivity index is 1.41. The van der Waals surface area contributed by atoms with E-state index in [1.165, 1.54) is 52.7 Å². The molecular weight excluding hydrogens is 764 g/mol. The Morgan fingerprint density at radius 2 is 1.24 bits per heavy atom. The third kappa shape index (κ3) is 7.07. The maximum atomic E-state index is 14.5. The lowest BCUT2D eigenvalue weighted by molar-refractivity contribution is 0.0334. The first kappa shape index (κ1) is 40.6. The summed E-state index contributed by atoms with van der Waals surface area (Å²) < 4.78 is 40.4. The van der Waals surface area contributed by atoms with Crippen molar-refractivity contribution in [3.63, 3.8) is 0 Å². The van der Waals surface area contributed by atoms with Crippen molar-refractivity contribution < 1.29 is 67.7 Å². The van der Waals surface area contributed by atoms with Gasteiger partial charge in [-0.05, 0) is 73.4 Å². The molecule has 0 amide bonds. The summed E-state index contributed by atoms with van der Waals surface area (Å²) in [5.74, 6) is -4.42. The summed E-state index contributed by atoms with van der Waals surface area (Å²) in [6, 6.07) is 11.0. The average Bonchev–Trinajstić information content (AvgIpc) is 3.19. The number of aromatic hydroxyl groups is 2. The fourth-order valence-corrected chi connectivity index (χ4v) is 8.63. The van der Waals surface area contributed by atoms with Gasteiger partial charge in [-0.25, -0.2) is 9.59 Å². The van der Waals surface area contributed by atoms with Gasteiger partial charge in [0.05, 0.1) is 50.7 Å². The summed E-state index contributed by atoms with van der Waals surface area (Å²) in [6.45, 7) is 4.89. The highest BCUT2D eigenvalue weighted by Crippen LogP contribution is 2.65. The van der Waals surface area contributed by atoms with Crippen molar-refractivity contribution in [1.82, 2.24) is 0 Å². The molecule has 59 heavy (non-hydrogen) atoms. The van der Waals surface area contributed by atoms with Crippen molar-refractivity contribution in [3.8, 4) is 34.1 Å². The lowest BCUT2D eigenvalue weighted by Crippen LogP contribution is -2.36. The fourth-order valence-electron chi connectivity index (χ4n) is 8.63. The van der Waals surface area contributed by atoms with Crippen LogP contribution in [-0.2, 0) is 23.7 Å². The van der Waals surface area contributed by atoms with Gasteiger partial charge in [0, 0.05) is 54.4 Å². The molecule has 3 aromatic carbocycles. The Bertz CT molecular complexity index is 2400. The summed E-state index contributed by atoms with van der Waals surface area (Å²) in [7, 11) is 5.41. The summed E-state index contributed by atoms with van der Waals surface area (Å²) >= 11 is 0. The molecule has 14 nitrogen and oxygen atoms in total. The van der Waals surface area contributed by atoms with Crippen molar-refractivity contribution in [2.45, 2.75) is 69.7 Å². The van der Waals surface area contributed by atoms with Crippen LogP contribution in [0.2, 0.25) is 0 Å². The Hall–Kier alpha value is -6.54. The van der Waals surface area contributed by atoms with E-state index in [1.807, 2.05) is 0 Å². The molecule has 308 valence electrons. The molecule has 7 rings (SSSR count). The number of hydrogen-bond donors (Lipinski definition) is 3. The number of methoxy groups -OCH3 is 4. The van der Waals surface area contributed by atoms with Gasteiger partial charge in [-0.2, -0.15) is 0 Å². The number of fused-ring (bicyclic) bond motifs is 2. The van der Waals surface area contributed by atoms with Gasteiger partial charge in [-0.3, -0.25) is 9.59 Å². The van der Waals surface area contributed by atoms with Crippen LogP contribution in [0.4, 0.5) is 4.79 Å². The smallest absolute Gasteiger partial charge is 0.507 e. The number of esters is 1. The van der Waals surface area contributed by atoms with Crippen molar-refractivity contribution in [3.05, 3.63) is 117 Å². The van der Waals surface area contributed by atoms with Gasteiger partial charge in [-0.1, -0.05) is 18.2 Å². The highest BCUT2D eigenvalue weighted by molar-refractivity contribution is 6.18. The van der Waals surface area contributed by atoms with E-state index in [4.69, 9.17) is 33.2 Å². The molecule has 4 aliphatic rings. The van der Waals surface area contributed by atoms with Crippen LogP contribution in [0.3, 0.4) is 0 Å². The number of ether oxygens (including phenoxy) is 7. The number of carbonyl (C=O) groups is 4. The van der Waals surface area contributed by atoms with E-state index in [-0.39, 0.29) is 59.2 Å². The molecule has 0 fully saturated rings. The molecule has 14 heteroatoms. The van der Waals surface area contributed by atoms with E-state index >= 15 is 0 Å². The van der Waals surface area contributed by atoms with E-state index in [0.717, 1.165) is 0 Å². The van der Waals surface area contributed by atoms with Gasteiger partial charge in [-0.15, -0.1) is 0 Å². The molecule has 3 N–H and O–H groups in total. The number of hydrogen-bond acceptors (Lipinski definition) is 14. The van der Waals surface area contributed by atoms with E-state index < -0.39 is 64.8 Å². The predicted octanol–water partition coefficient (Wildman–Crippen LogP) is 7.32. The normalized spacial score (nSPS) is 21.1. The molecule has 5 unspecified atom stereocenters. The van der Waals surface area contributed by atoms with Crippen molar-refractivity contribution >= 4 is 23.7 Å². The summed E-state index contributed by atoms with van der Waals surface area (Å²) in [4.78, 5) is 55.5. The van der Waals surface area contributed by atoms with Gasteiger partial charge in [0.1, 0.15) is 41.0 Å². The van der Waals surface area contributed by atoms with E-state index in [2.05, 4.69) is 0 Å².